The highest BCUT2D eigenvalue weighted by molar-refractivity contribution is 5.75. The summed E-state index contributed by atoms with van der Waals surface area (Å²) in [6.45, 7) is 5.19. The van der Waals surface area contributed by atoms with Crippen LogP contribution in [0.2, 0.25) is 0 Å². The van der Waals surface area contributed by atoms with E-state index in [-0.39, 0.29) is 12.6 Å². The van der Waals surface area contributed by atoms with Crippen molar-refractivity contribution in [1.82, 2.24) is 9.80 Å². The van der Waals surface area contributed by atoms with Crippen molar-refractivity contribution in [3.8, 4) is 0 Å². The Kier molecular flexibility index (Phi) is 4.73. The smallest absolute Gasteiger partial charge is 0.320 e. The number of amides is 2. The second kappa shape index (κ2) is 5.86. The number of carbonyl (C=O) groups is 1. The molecule has 1 aliphatic rings. The third-order valence-corrected chi connectivity index (χ3v) is 2.55. The van der Waals surface area contributed by atoms with Crippen LogP contribution in [-0.2, 0) is 0 Å². The molecule has 1 rings (SSSR count). The fourth-order valence-electron chi connectivity index (χ4n) is 1.73. The van der Waals surface area contributed by atoms with Crippen LogP contribution in [0.15, 0.2) is 0 Å². The fraction of sp³-hybridized carbons (Fsp3) is 0.900. The molecule has 1 N–H and O–H groups in total. The molecule has 0 atom stereocenters. The number of carbonyl (C=O) groups excluding carboxylic acids is 1. The van der Waals surface area contributed by atoms with Gasteiger partial charge in [-0.25, -0.2) is 4.79 Å². The third kappa shape index (κ3) is 2.87. The van der Waals surface area contributed by atoms with E-state index in [1.54, 1.807) is 4.90 Å². The topological polar surface area (TPSA) is 43.8 Å². The molecule has 0 unspecified atom stereocenters. The average molecular weight is 200 g/mol. The first-order chi connectivity index (χ1) is 6.79. The molecule has 4 nitrogen and oxygen atoms in total. The molecule has 0 aromatic carbocycles. The van der Waals surface area contributed by atoms with Crippen molar-refractivity contribution in [3.05, 3.63) is 0 Å². The van der Waals surface area contributed by atoms with Crippen molar-refractivity contribution in [1.29, 1.82) is 0 Å². The Morgan fingerprint density at radius 3 is 2.50 bits per heavy atom. The molecule has 0 bridgehead atoms. The third-order valence-electron chi connectivity index (χ3n) is 2.55. The molecule has 2 amide bonds. The highest BCUT2D eigenvalue weighted by Crippen LogP contribution is 2.09. The molecular weight excluding hydrogens is 180 g/mol. The summed E-state index contributed by atoms with van der Waals surface area (Å²) in [5.41, 5.74) is 0. The quantitative estimate of drug-likeness (QED) is 0.716. The predicted octanol–water partition coefficient (Wildman–Crippen LogP) is 0.907. The standard InChI is InChI=1S/C10H20N2O2/c1-2-3-5-11-6-4-7-12(8-9-13)10(11)14/h13H,2-9H2,1H3. The number of urea groups is 1. The summed E-state index contributed by atoms with van der Waals surface area (Å²) in [5, 5.41) is 8.79. The maximum absolute atomic E-state index is 11.8. The van der Waals surface area contributed by atoms with Gasteiger partial charge in [0.2, 0.25) is 0 Å². The van der Waals surface area contributed by atoms with Crippen LogP contribution in [0.1, 0.15) is 26.2 Å². The second-order valence-electron chi connectivity index (χ2n) is 3.69. The minimum absolute atomic E-state index is 0.0629. The minimum Gasteiger partial charge on any atom is -0.395 e. The Morgan fingerprint density at radius 2 is 1.93 bits per heavy atom. The van der Waals surface area contributed by atoms with Crippen molar-refractivity contribution < 1.29 is 9.90 Å². The first-order valence-electron chi connectivity index (χ1n) is 5.44. The Bertz CT molecular complexity index is 183. The first-order valence-corrected chi connectivity index (χ1v) is 5.44. The van der Waals surface area contributed by atoms with Gasteiger partial charge in [-0.2, -0.15) is 0 Å². The van der Waals surface area contributed by atoms with Gasteiger partial charge in [0.15, 0.2) is 0 Å². The van der Waals surface area contributed by atoms with E-state index in [1.807, 2.05) is 4.90 Å². The zero-order chi connectivity index (χ0) is 10.4. The molecule has 4 heteroatoms. The van der Waals surface area contributed by atoms with Crippen LogP contribution in [0.5, 0.6) is 0 Å². The lowest BCUT2D eigenvalue weighted by molar-refractivity contribution is 0.117. The number of hydrogen-bond donors (Lipinski definition) is 1. The maximum atomic E-state index is 11.8. The van der Waals surface area contributed by atoms with Crippen molar-refractivity contribution in [2.45, 2.75) is 26.2 Å². The maximum Gasteiger partial charge on any atom is 0.320 e. The number of aliphatic hydroxyl groups excluding tert-OH is 1. The summed E-state index contributed by atoms with van der Waals surface area (Å²) in [4.78, 5) is 15.4. The van der Waals surface area contributed by atoms with Gasteiger partial charge in [0.1, 0.15) is 0 Å². The summed E-state index contributed by atoms with van der Waals surface area (Å²) < 4.78 is 0. The summed E-state index contributed by atoms with van der Waals surface area (Å²) in [6.07, 6.45) is 3.21. The Balaban J connectivity index is 2.40. The van der Waals surface area contributed by atoms with Crippen LogP contribution in [0, 0.1) is 0 Å². The van der Waals surface area contributed by atoms with Gasteiger partial charge in [-0.3, -0.25) is 0 Å². The van der Waals surface area contributed by atoms with Crippen LogP contribution in [0.3, 0.4) is 0 Å². The first kappa shape index (κ1) is 11.3. The van der Waals surface area contributed by atoms with Crippen molar-refractivity contribution in [2.24, 2.45) is 0 Å². The molecule has 0 aromatic heterocycles. The summed E-state index contributed by atoms with van der Waals surface area (Å²) in [6, 6.07) is 0.0961. The largest absolute Gasteiger partial charge is 0.395 e. The van der Waals surface area contributed by atoms with Gasteiger partial charge in [0, 0.05) is 26.2 Å². The Labute approximate surface area is 85.5 Å². The van der Waals surface area contributed by atoms with Crippen LogP contribution in [0.4, 0.5) is 4.79 Å². The highest BCUT2D eigenvalue weighted by atomic mass is 16.3. The summed E-state index contributed by atoms with van der Waals surface area (Å²) >= 11 is 0. The number of aliphatic hydroxyl groups is 1. The number of nitrogens with zero attached hydrogens (tertiary/aromatic N) is 2. The molecule has 1 fully saturated rings. The fourth-order valence-corrected chi connectivity index (χ4v) is 1.73. The van der Waals surface area contributed by atoms with Crippen LogP contribution in [0.25, 0.3) is 0 Å². The lowest BCUT2D eigenvalue weighted by Gasteiger charge is -2.35. The van der Waals surface area contributed by atoms with Gasteiger partial charge < -0.3 is 14.9 Å². The molecule has 0 aliphatic carbocycles. The normalized spacial score (nSPS) is 17.7. The molecule has 0 aromatic rings. The Hall–Kier alpha value is -0.770. The molecule has 0 spiro atoms. The lowest BCUT2D eigenvalue weighted by Crippen LogP contribution is -2.50. The number of unbranched alkanes of at least 4 members (excludes halogenated alkanes) is 1. The van der Waals surface area contributed by atoms with Crippen LogP contribution < -0.4 is 0 Å². The summed E-state index contributed by atoms with van der Waals surface area (Å²) in [5.74, 6) is 0. The van der Waals surface area contributed by atoms with E-state index < -0.39 is 0 Å². The van der Waals surface area contributed by atoms with E-state index in [1.165, 1.54) is 0 Å². The molecule has 0 saturated carbocycles. The van der Waals surface area contributed by atoms with Crippen LogP contribution in [-0.4, -0.2) is 53.7 Å². The van der Waals surface area contributed by atoms with E-state index >= 15 is 0 Å². The summed E-state index contributed by atoms with van der Waals surface area (Å²) in [7, 11) is 0. The van der Waals surface area contributed by atoms with E-state index in [0.29, 0.717) is 6.54 Å². The van der Waals surface area contributed by atoms with Gasteiger partial charge >= 0.3 is 6.03 Å². The van der Waals surface area contributed by atoms with Gasteiger partial charge in [0.25, 0.3) is 0 Å². The van der Waals surface area contributed by atoms with Gasteiger partial charge in [-0.15, -0.1) is 0 Å². The molecule has 14 heavy (non-hydrogen) atoms. The lowest BCUT2D eigenvalue weighted by atomic mass is 10.2. The zero-order valence-electron chi connectivity index (χ0n) is 8.91. The molecule has 1 aliphatic heterocycles. The Morgan fingerprint density at radius 1 is 1.29 bits per heavy atom. The van der Waals surface area contributed by atoms with E-state index in [4.69, 9.17) is 5.11 Å². The van der Waals surface area contributed by atoms with E-state index in [9.17, 15) is 4.79 Å². The average Bonchev–Trinajstić information content (AvgIpc) is 2.20. The van der Waals surface area contributed by atoms with Crippen molar-refractivity contribution in [3.63, 3.8) is 0 Å². The molecule has 82 valence electrons. The van der Waals surface area contributed by atoms with E-state index in [0.717, 1.165) is 38.9 Å². The highest BCUT2D eigenvalue weighted by Gasteiger charge is 2.23. The molecule has 1 heterocycles. The molecule has 1 saturated heterocycles. The SMILES string of the molecule is CCCCN1CCCN(CCO)C1=O. The van der Waals surface area contributed by atoms with Gasteiger partial charge in [0.05, 0.1) is 6.61 Å². The van der Waals surface area contributed by atoms with Crippen molar-refractivity contribution in [2.75, 3.05) is 32.8 Å². The molecular formula is C10H20N2O2. The number of hydrogen-bond acceptors (Lipinski definition) is 2. The van der Waals surface area contributed by atoms with Gasteiger partial charge in [-0.1, -0.05) is 13.3 Å². The van der Waals surface area contributed by atoms with Gasteiger partial charge in [-0.05, 0) is 12.8 Å². The van der Waals surface area contributed by atoms with E-state index in [2.05, 4.69) is 6.92 Å². The zero-order valence-corrected chi connectivity index (χ0v) is 8.91. The molecule has 0 radical (unpaired) electrons. The monoisotopic (exact) mass is 200 g/mol. The van der Waals surface area contributed by atoms with Crippen LogP contribution >= 0.6 is 0 Å². The minimum atomic E-state index is 0.0629. The predicted molar refractivity (Wildman–Crippen MR) is 55.2 cm³/mol. The number of rotatable bonds is 5. The second-order valence-corrected chi connectivity index (χ2v) is 3.69. The number of β-amino-alcohol motifs (C(OH)–C–C–N with tert-alkyl or cyclic N) is 1. The van der Waals surface area contributed by atoms with Crippen molar-refractivity contribution >= 4 is 6.03 Å².